The lowest BCUT2D eigenvalue weighted by molar-refractivity contribution is -0.132. The second-order valence-corrected chi connectivity index (χ2v) is 6.48. The number of Topliss-reactive ketones (excluding diaryl/α,β-unsaturated/α-hetero) is 1. The van der Waals surface area contributed by atoms with E-state index in [2.05, 4.69) is 0 Å². The van der Waals surface area contributed by atoms with Crippen LogP contribution in [0.2, 0.25) is 0 Å². The number of amides is 1. The number of ether oxygens (including phenoxy) is 2. The maximum absolute atomic E-state index is 13.0. The lowest BCUT2D eigenvalue weighted by Crippen LogP contribution is -2.32. The van der Waals surface area contributed by atoms with Gasteiger partial charge in [-0.3, -0.25) is 14.4 Å². The van der Waals surface area contributed by atoms with Crippen LogP contribution in [0.15, 0.2) is 58.4 Å². The maximum atomic E-state index is 13.0. The summed E-state index contributed by atoms with van der Waals surface area (Å²) in [6.07, 6.45) is 1.85. The molecule has 8 nitrogen and oxygen atoms in total. The maximum Gasteiger partial charge on any atom is 0.308 e. The molecule has 1 aliphatic rings. The zero-order valence-corrected chi connectivity index (χ0v) is 16.1. The van der Waals surface area contributed by atoms with E-state index in [0.717, 1.165) is 0 Å². The normalized spacial score (nSPS) is 16.4. The van der Waals surface area contributed by atoms with E-state index in [9.17, 15) is 19.5 Å². The molecular formula is C21H21NO7. The van der Waals surface area contributed by atoms with Crippen molar-refractivity contribution in [2.45, 2.75) is 19.4 Å². The molecule has 1 aliphatic heterocycles. The fraction of sp³-hybridized carbons (Fsp3) is 0.286. The standard InChI is InChI=1S/C21H21NO7/c1-13(23)29-15-7-3-6-14(12-15)18-17(19(24)16-8-4-11-28-16)20(25)21(26)22(18)9-5-10-27-2/h3-4,6-8,11-12,18,25H,5,9-10H2,1-2H3. The number of benzene rings is 1. The Morgan fingerprint density at radius 2 is 2.03 bits per heavy atom. The van der Waals surface area contributed by atoms with Gasteiger partial charge in [-0.05, 0) is 36.2 Å². The van der Waals surface area contributed by atoms with Gasteiger partial charge in [0.25, 0.3) is 5.91 Å². The van der Waals surface area contributed by atoms with Crippen LogP contribution in [0.1, 0.15) is 35.5 Å². The SMILES string of the molecule is COCCCN1C(=O)C(O)=C(C(=O)c2ccco2)C1c1cccc(OC(C)=O)c1. The molecule has 8 heteroatoms. The average molecular weight is 399 g/mol. The van der Waals surface area contributed by atoms with Crippen LogP contribution in [0.4, 0.5) is 0 Å². The number of aliphatic hydroxyl groups excluding tert-OH is 1. The van der Waals surface area contributed by atoms with Crippen molar-refractivity contribution in [2.24, 2.45) is 0 Å². The number of carbonyl (C=O) groups is 3. The Kier molecular flexibility index (Phi) is 6.13. The number of nitrogens with zero attached hydrogens (tertiary/aromatic N) is 1. The molecule has 1 atom stereocenters. The van der Waals surface area contributed by atoms with Crippen molar-refractivity contribution in [1.29, 1.82) is 0 Å². The van der Waals surface area contributed by atoms with Gasteiger partial charge in [0.1, 0.15) is 5.75 Å². The number of furan rings is 1. The molecule has 3 rings (SSSR count). The molecular weight excluding hydrogens is 378 g/mol. The van der Waals surface area contributed by atoms with Crippen LogP contribution in [-0.4, -0.2) is 47.9 Å². The summed E-state index contributed by atoms with van der Waals surface area (Å²) in [5.74, 6) is -2.06. The van der Waals surface area contributed by atoms with Gasteiger partial charge < -0.3 is 23.9 Å². The minimum Gasteiger partial charge on any atom is -0.503 e. The summed E-state index contributed by atoms with van der Waals surface area (Å²) in [5.41, 5.74) is 0.441. The van der Waals surface area contributed by atoms with Gasteiger partial charge >= 0.3 is 5.97 Å². The molecule has 0 aliphatic carbocycles. The van der Waals surface area contributed by atoms with Crippen LogP contribution < -0.4 is 4.74 Å². The first kappa shape index (κ1) is 20.3. The largest absolute Gasteiger partial charge is 0.503 e. The highest BCUT2D eigenvalue weighted by Gasteiger charge is 2.44. The first-order valence-corrected chi connectivity index (χ1v) is 9.03. The number of hydrogen-bond donors (Lipinski definition) is 1. The van der Waals surface area contributed by atoms with Crippen LogP contribution in [0.5, 0.6) is 5.75 Å². The van der Waals surface area contributed by atoms with Gasteiger partial charge in [0, 0.05) is 27.2 Å². The Bertz CT molecular complexity index is 946. The predicted molar refractivity (Wildman–Crippen MR) is 101 cm³/mol. The number of esters is 1. The molecule has 2 heterocycles. The van der Waals surface area contributed by atoms with Gasteiger partial charge in [-0.15, -0.1) is 0 Å². The van der Waals surface area contributed by atoms with Crippen LogP contribution in [0, 0.1) is 0 Å². The average Bonchev–Trinajstić information content (AvgIpc) is 3.30. The minimum atomic E-state index is -0.854. The number of carbonyl (C=O) groups excluding carboxylic acids is 3. The van der Waals surface area contributed by atoms with Crippen molar-refractivity contribution in [1.82, 2.24) is 4.90 Å². The number of aliphatic hydroxyl groups is 1. The smallest absolute Gasteiger partial charge is 0.308 e. The van der Waals surface area contributed by atoms with E-state index in [1.807, 2.05) is 0 Å². The van der Waals surface area contributed by atoms with Crippen LogP contribution >= 0.6 is 0 Å². The molecule has 1 N–H and O–H groups in total. The van der Waals surface area contributed by atoms with Gasteiger partial charge in [0.2, 0.25) is 5.78 Å². The lowest BCUT2D eigenvalue weighted by atomic mass is 9.95. The molecule has 0 saturated carbocycles. The summed E-state index contributed by atoms with van der Waals surface area (Å²) in [4.78, 5) is 38.4. The first-order valence-electron chi connectivity index (χ1n) is 9.03. The van der Waals surface area contributed by atoms with E-state index in [1.54, 1.807) is 37.4 Å². The van der Waals surface area contributed by atoms with Gasteiger partial charge in [-0.1, -0.05) is 12.1 Å². The Morgan fingerprint density at radius 3 is 2.69 bits per heavy atom. The van der Waals surface area contributed by atoms with E-state index in [0.29, 0.717) is 18.6 Å². The number of rotatable bonds is 8. The van der Waals surface area contributed by atoms with Crippen molar-refractivity contribution < 1.29 is 33.4 Å². The molecule has 1 amide bonds. The highest BCUT2D eigenvalue weighted by molar-refractivity contribution is 6.15. The molecule has 0 bridgehead atoms. The zero-order valence-electron chi connectivity index (χ0n) is 16.1. The van der Waals surface area contributed by atoms with Crippen LogP contribution in [-0.2, 0) is 14.3 Å². The number of hydrogen-bond acceptors (Lipinski definition) is 7. The third kappa shape index (κ3) is 4.22. The summed E-state index contributed by atoms with van der Waals surface area (Å²) < 4.78 is 15.3. The number of ketones is 1. The highest BCUT2D eigenvalue weighted by atomic mass is 16.5. The molecule has 152 valence electrons. The van der Waals surface area contributed by atoms with Gasteiger partial charge in [0.05, 0.1) is 17.9 Å². The van der Waals surface area contributed by atoms with Crippen LogP contribution in [0.25, 0.3) is 0 Å². The Morgan fingerprint density at radius 1 is 1.24 bits per heavy atom. The summed E-state index contributed by atoms with van der Waals surface area (Å²) in [7, 11) is 1.55. The molecule has 29 heavy (non-hydrogen) atoms. The first-order chi connectivity index (χ1) is 13.9. The fourth-order valence-electron chi connectivity index (χ4n) is 3.30. The van der Waals surface area contributed by atoms with E-state index < -0.39 is 29.5 Å². The summed E-state index contributed by atoms with van der Waals surface area (Å²) >= 11 is 0. The zero-order chi connectivity index (χ0) is 21.0. The van der Waals surface area contributed by atoms with Crippen molar-refractivity contribution in [3.05, 3.63) is 65.3 Å². The molecule has 1 unspecified atom stereocenters. The summed E-state index contributed by atoms with van der Waals surface area (Å²) in [6.45, 7) is 1.95. The van der Waals surface area contributed by atoms with Crippen molar-refractivity contribution in [3.63, 3.8) is 0 Å². The fourth-order valence-corrected chi connectivity index (χ4v) is 3.30. The van der Waals surface area contributed by atoms with E-state index in [4.69, 9.17) is 13.9 Å². The Hall–Kier alpha value is -3.39. The van der Waals surface area contributed by atoms with Gasteiger partial charge in [-0.25, -0.2) is 0 Å². The van der Waals surface area contributed by atoms with E-state index >= 15 is 0 Å². The van der Waals surface area contributed by atoms with E-state index in [-0.39, 0.29) is 23.6 Å². The second-order valence-electron chi connectivity index (χ2n) is 6.48. The molecule has 1 aromatic carbocycles. The van der Waals surface area contributed by atoms with E-state index in [1.165, 1.54) is 24.2 Å². The molecule has 0 radical (unpaired) electrons. The molecule has 0 fully saturated rings. The lowest BCUT2D eigenvalue weighted by Gasteiger charge is -2.26. The summed E-state index contributed by atoms with van der Waals surface area (Å²) in [6, 6.07) is 8.66. The Balaban J connectivity index is 2.04. The van der Waals surface area contributed by atoms with Gasteiger partial charge in [-0.2, -0.15) is 0 Å². The molecule has 0 saturated heterocycles. The van der Waals surface area contributed by atoms with Crippen LogP contribution in [0.3, 0.4) is 0 Å². The summed E-state index contributed by atoms with van der Waals surface area (Å²) in [5, 5.41) is 10.5. The molecule has 0 spiro atoms. The topological polar surface area (TPSA) is 106 Å². The second kappa shape index (κ2) is 8.74. The van der Waals surface area contributed by atoms with Crippen molar-refractivity contribution in [3.8, 4) is 5.75 Å². The molecule has 1 aromatic heterocycles. The number of methoxy groups -OCH3 is 1. The van der Waals surface area contributed by atoms with Crippen molar-refractivity contribution >= 4 is 17.7 Å². The third-order valence-electron chi connectivity index (χ3n) is 4.48. The molecule has 2 aromatic rings. The minimum absolute atomic E-state index is 0.0132. The Labute approximate surface area is 167 Å². The highest BCUT2D eigenvalue weighted by Crippen LogP contribution is 2.40. The quantitative estimate of drug-likeness (QED) is 0.315. The van der Waals surface area contributed by atoms with Gasteiger partial charge in [0.15, 0.2) is 11.5 Å². The third-order valence-corrected chi connectivity index (χ3v) is 4.48. The monoisotopic (exact) mass is 399 g/mol. The predicted octanol–water partition coefficient (Wildman–Crippen LogP) is 2.82. The van der Waals surface area contributed by atoms with Crippen molar-refractivity contribution in [2.75, 3.05) is 20.3 Å².